The van der Waals surface area contributed by atoms with Crippen molar-refractivity contribution in [1.82, 2.24) is 52.1 Å². The van der Waals surface area contributed by atoms with Gasteiger partial charge < -0.3 is 138 Å². The van der Waals surface area contributed by atoms with E-state index in [4.69, 9.17) is 62.1 Å². The fourth-order valence-corrected chi connectivity index (χ4v) is 15.6. The van der Waals surface area contributed by atoms with Crippen molar-refractivity contribution in [2.24, 2.45) is 11.7 Å². The van der Waals surface area contributed by atoms with Crippen LogP contribution in [0.25, 0.3) is 11.1 Å². The lowest BCUT2D eigenvalue weighted by Crippen LogP contribution is -2.65. The van der Waals surface area contributed by atoms with E-state index in [0.29, 0.717) is 17.9 Å². The lowest BCUT2D eigenvalue weighted by molar-refractivity contribution is -0.334. The number of benzene rings is 6. The first-order chi connectivity index (χ1) is 59.4. The van der Waals surface area contributed by atoms with E-state index in [0.717, 1.165) is 79.6 Å². The Morgan fingerprint density at radius 1 is 0.728 bits per heavy atom. The Kier molecular flexibility index (Phi) is 29.2. The molecule has 7 aliphatic rings. The highest BCUT2D eigenvalue weighted by Gasteiger charge is 2.52. The minimum Gasteiger partial charge on any atom is -0.508 e. The van der Waals surface area contributed by atoms with Gasteiger partial charge in [0.25, 0.3) is 0 Å². The molecule has 8 amide bonds. The van der Waals surface area contributed by atoms with Crippen LogP contribution in [0.3, 0.4) is 0 Å². The number of amides is 8. The first kappa shape index (κ1) is 92.4. The summed E-state index contributed by atoms with van der Waals surface area (Å²) in [4.78, 5) is 149. The second kappa shape index (κ2) is 39.6. The van der Waals surface area contributed by atoms with E-state index in [2.05, 4.69) is 52.8 Å². The minimum absolute atomic E-state index is 0.0116. The molecule has 7 aromatic rings. The van der Waals surface area contributed by atoms with Gasteiger partial charge in [-0.1, -0.05) is 80.7 Å². The van der Waals surface area contributed by atoms with Crippen LogP contribution in [0.4, 0.5) is 5.82 Å². The lowest BCUT2D eigenvalue weighted by atomic mass is 9.85. The molecule has 0 radical (unpaired) electrons. The van der Waals surface area contributed by atoms with Crippen LogP contribution in [0.2, 0.25) is 10.0 Å². The smallest absolute Gasteiger partial charge is 0.349 e. The molecule has 8 heterocycles. The number of nitrogens with one attached hydrogen (secondary N) is 9. The summed E-state index contributed by atoms with van der Waals surface area (Å²) in [5.41, 5.74) is 1.34. The molecule has 4 unspecified atom stereocenters. The van der Waals surface area contributed by atoms with Gasteiger partial charge in [-0.25, -0.2) is 9.59 Å². The average molecular weight is 1780 g/mol. The van der Waals surface area contributed by atoms with Gasteiger partial charge in [-0.05, 0) is 140 Å². The second-order valence-corrected chi connectivity index (χ2v) is 32.2. The summed E-state index contributed by atoms with van der Waals surface area (Å²) in [6, 6.07) is 7.40. The van der Waals surface area contributed by atoms with Crippen molar-refractivity contribution in [2.45, 2.75) is 189 Å². The number of phenolic OH excluding ortho intramolecular Hbond substituents is 3. The molecule has 18 atom stereocenters. The van der Waals surface area contributed by atoms with Crippen LogP contribution in [0.1, 0.15) is 130 Å². The number of aromatic nitrogens is 2. The van der Waals surface area contributed by atoms with Crippen LogP contribution in [0.5, 0.6) is 51.7 Å². The molecular formula is C84H96Cl2N12O27. The van der Waals surface area contributed by atoms with E-state index in [1.807, 2.05) is 20.8 Å². The maximum atomic E-state index is 16.2. The molecule has 1 aromatic heterocycles. The van der Waals surface area contributed by atoms with Gasteiger partial charge in [-0.15, -0.1) is 0 Å². The molecule has 0 spiro atoms. The number of carboxylic acid groups (broad SMARTS) is 1. The van der Waals surface area contributed by atoms with Crippen molar-refractivity contribution in [3.05, 3.63) is 169 Å². The topological polar surface area (TPSA) is 590 Å². The number of hydrogen-bond donors (Lipinski definition) is 20. The van der Waals surface area contributed by atoms with Crippen LogP contribution in [-0.2, 0) is 70.3 Å². The molecule has 11 bridgehead atoms. The zero-order valence-corrected chi connectivity index (χ0v) is 69.6. The molecular weight excluding hydrogens is 1680 g/mol. The van der Waals surface area contributed by atoms with Crippen LogP contribution in [-0.4, -0.2) is 220 Å². The van der Waals surface area contributed by atoms with Gasteiger partial charge in [0.1, 0.15) is 101 Å². The number of unbranched alkanes of at least 4 members (excludes halogenated alkanes) is 1. The van der Waals surface area contributed by atoms with E-state index in [1.165, 1.54) is 42.9 Å². The molecule has 2 saturated heterocycles. The van der Waals surface area contributed by atoms with E-state index in [-0.39, 0.29) is 66.5 Å². The number of carbonyl (C=O) groups excluding carboxylic acids is 8. The summed E-state index contributed by atoms with van der Waals surface area (Å²) in [5.74, 6) is -16.2. The van der Waals surface area contributed by atoms with Crippen molar-refractivity contribution >= 4 is 82.2 Å². The number of carboxylic acids is 1. The number of phenols is 3. The number of carbonyl (C=O) groups is 9. The van der Waals surface area contributed by atoms with E-state index < -0.39 is 254 Å². The summed E-state index contributed by atoms with van der Waals surface area (Å²) in [5, 5.41) is 139. The SMILES string of the molecule is CCCCOc1ccc(CC(=O)Nc2ccn(CCNC3(C)C[C@H](O[C@H]4C(Oc5c6cc7cc5Oc5ccc(cc5Cl)[C@@H](O)[C@H]5NC(=O)[C@@H](NC(=O)C7NC(=O)[C@H](CC(N)=O)NC(=O)[C@H](NC(=O)[C@H](CC(C)C)NC)[C@H](O)c7ccc(c(Cl)c7)O6)c6ccc(O)c(c6)-c6c(O)cc(O)cc6[C@H](C(=O)O)NC5=O)O[C@@H](CO)[C@@H](O)[C@H]4O)OC(C)[C@@H]3O)c(=O)n2)cc1. The van der Waals surface area contributed by atoms with Crippen molar-refractivity contribution in [2.75, 3.05) is 32.1 Å². The highest BCUT2D eigenvalue weighted by atomic mass is 35.5. The van der Waals surface area contributed by atoms with Crippen LogP contribution in [0, 0.1) is 5.92 Å². The Bertz CT molecular complexity index is 5300. The number of fused-ring (bicyclic) bond motifs is 15. The maximum Gasteiger partial charge on any atom is 0.349 e. The fraction of sp³-hybridized carbons (Fsp3) is 0.417. The molecule has 14 rings (SSSR count). The molecule has 0 saturated carbocycles. The zero-order chi connectivity index (χ0) is 90.3. The number of aliphatic hydroxyl groups is 6. The quantitative estimate of drug-likeness (QED) is 0.0386. The second-order valence-electron chi connectivity index (χ2n) is 31.4. The van der Waals surface area contributed by atoms with Crippen LogP contribution in [0.15, 0.2) is 120 Å². The van der Waals surface area contributed by atoms with E-state index in [9.17, 15) is 84.6 Å². The molecule has 2 fully saturated rings. The number of rotatable bonds is 24. The summed E-state index contributed by atoms with van der Waals surface area (Å²) in [6.07, 6.45) is -16.3. The number of hydrogen-bond acceptors (Lipinski definition) is 29. The highest BCUT2D eigenvalue weighted by Crippen LogP contribution is 2.50. The van der Waals surface area contributed by atoms with Crippen molar-refractivity contribution in [3.8, 4) is 62.9 Å². The molecule has 39 nitrogen and oxygen atoms in total. The standard InChI is InChI=1S/C84H96Cl2N12O27/c1-7-8-23-119-44-14-9-38(10-15-44)25-60(104)91-59-19-21-98(83(118)92-59)22-20-89-84(5)34-61(120-37(4)74(84)109)124-73-71(108)70(107)57(35-99)123-82(73)125-72-55-29-42-30-56(72)122-54-18-13-41(28-48(54)86)69(106)67-80(115)95-65(81(116)117)46-31-43(100)32-52(102)62(46)45-26-39(11-16-51(45)101)63(77(112)97-67)94-78(113)64(42)93-76(111)50(33-58(87)103)90-79(114)66(96-75(110)49(88-6)24-36(2)3)68(105)40-12-17-53(121-55)47(85)27-40/h9-19,21,26-32,36-37,49-50,57,61,63-71,73-74,82,88-89,99-102,105-109H,7-8,20,22-25,33-35H2,1-6H3,(H2,87,103)(H,90,114)(H,93,111)(H,94,113)(H,95,115)(H,96,110)(H,97,112)(H,116,117)(H,91,92,104,118)/t37?,49-,50-,57-,61-,63-,64?,65+,66+,67+,68+,69+,70+,71+,73+,74-,82?,84?/m0/s1. The number of halogens is 2. The van der Waals surface area contributed by atoms with Crippen LogP contribution >= 0.6 is 23.2 Å². The van der Waals surface area contributed by atoms with Gasteiger partial charge in [0.15, 0.2) is 29.9 Å². The average Bonchev–Trinajstić information content (AvgIpc) is 0.764. The van der Waals surface area contributed by atoms with Gasteiger partial charge in [-0.3, -0.25) is 42.9 Å². The summed E-state index contributed by atoms with van der Waals surface area (Å²) in [6.45, 7) is 8.23. The number of likely N-dealkylation sites (N-methyl/N-ethyl adjacent to an activating group) is 1. The predicted molar refractivity (Wildman–Crippen MR) is 441 cm³/mol. The van der Waals surface area contributed by atoms with Crippen molar-refractivity contribution in [3.63, 3.8) is 0 Å². The van der Waals surface area contributed by atoms with Crippen molar-refractivity contribution in [1.29, 1.82) is 0 Å². The number of primary amides is 1. The third-order valence-corrected chi connectivity index (χ3v) is 22.4. The van der Waals surface area contributed by atoms with E-state index >= 15 is 14.4 Å². The largest absolute Gasteiger partial charge is 0.508 e. The van der Waals surface area contributed by atoms with Gasteiger partial charge in [0.2, 0.25) is 59.3 Å². The molecule has 6 aromatic carbocycles. The third kappa shape index (κ3) is 21.2. The summed E-state index contributed by atoms with van der Waals surface area (Å²) >= 11 is 14.3. The number of aliphatic carboxylic acids is 1. The third-order valence-electron chi connectivity index (χ3n) is 21.8. The molecule has 125 heavy (non-hydrogen) atoms. The zero-order valence-electron chi connectivity index (χ0n) is 68.1. The van der Waals surface area contributed by atoms with Crippen LogP contribution < -0.4 is 78.2 Å². The Hall–Kier alpha value is -11.8. The molecule has 0 aliphatic carbocycles. The number of ether oxygens (including phenoxy) is 7. The first-order valence-electron chi connectivity index (χ1n) is 39.9. The number of aromatic hydroxyl groups is 3. The van der Waals surface area contributed by atoms with Crippen molar-refractivity contribution < 1.29 is 127 Å². The number of nitrogens with zero attached hydrogens (tertiary/aromatic N) is 2. The van der Waals surface area contributed by atoms with Gasteiger partial charge >= 0.3 is 11.7 Å². The molecule has 7 aliphatic heterocycles. The highest BCUT2D eigenvalue weighted by molar-refractivity contribution is 6.32. The maximum absolute atomic E-state index is 16.2. The van der Waals surface area contributed by atoms with E-state index in [1.54, 1.807) is 31.2 Å². The first-order valence-corrected chi connectivity index (χ1v) is 40.7. The van der Waals surface area contributed by atoms with Gasteiger partial charge in [-0.2, -0.15) is 4.98 Å². The molecule has 21 N–H and O–H groups in total. The Morgan fingerprint density at radius 2 is 1.38 bits per heavy atom. The number of nitrogens with two attached hydrogens (primary N) is 1. The predicted octanol–water partition coefficient (Wildman–Crippen LogP) is 2.35. The number of anilines is 1. The number of aliphatic hydroxyl groups excluding tert-OH is 6. The van der Waals surface area contributed by atoms with Gasteiger partial charge in [0.05, 0.1) is 54.4 Å². The lowest BCUT2D eigenvalue weighted by Gasteiger charge is -2.48. The Labute approximate surface area is 723 Å². The Morgan fingerprint density at radius 3 is 2.00 bits per heavy atom. The monoisotopic (exact) mass is 1770 g/mol. The molecule has 41 heteroatoms. The summed E-state index contributed by atoms with van der Waals surface area (Å²) in [7, 11) is 1.47. The molecule has 668 valence electrons. The minimum atomic E-state index is -2.40. The summed E-state index contributed by atoms with van der Waals surface area (Å²) < 4.78 is 46.3. The Balaban J connectivity index is 0.969. The van der Waals surface area contributed by atoms with Gasteiger partial charge in [0, 0.05) is 54.0 Å². The normalized spacial score (nSPS) is 25.9. The fourth-order valence-electron chi connectivity index (χ4n) is 15.2.